The second-order valence-electron chi connectivity index (χ2n) is 3.95. The van der Waals surface area contributed by atoms with Gasteiger partial charge in [0.1, 0.15) is 0 Å². The number of hydrogen-bond acceptors (Lipinski definition) is 3. The Morgan fingerprint density at radius 2 is 2.31 bits per heavy atom. The zero-order chi connectivity index (χ0) is 11.5. The minimum Gasteiger partial charge on any atom is -0.494 e. The van der Waals surface area contributed by atoms with Gasteiger partial charge in [0, 0.05) is 6.54 Å². The van der Waals surface area contributed by atoms with E-state index in [0.29, 0.717) is 6.54 Å². The van der Waals surface area contributed by atoms with E-state index in [0.717, 1.165) is 18.4 Å². The summed E-state index contributed by atoms with van der Waals surface area (Å²) in [5.41, 5.74) is 6.50. The van der Waals surface area contributed by atoms with Gasteiger partial charge in [-0.2, -0.15) is 0 Å². The van der Waals surface area contributed by atoms with E-state index in [1.165, 1.54) is 13.2 Å². The molecule has 0 aliphatic carbocycles. The molecule has 1 aromatic carbocycles. The molecule has 0 bridgehead atoms. The van der Waals surface area contributed by atoms with E-state index in [9.17, 15) is 4.39 Å². The van der Waals surface area contributed by atoms with Crippen molar-refractivity contribution in [2.45, 2.75) is 25.0 Å². The number of nitrogens with two attached hydrogens (primary N) is 1. The molecule has 2 rings (SSSR count). The molecule has 2 unspecified atom stereocenters. The molecule has 1 aliphatic rings. The molecule has 16 heavy (non-hydrogen) atoms. The van der Waals surface area contributed by atoms with Crippen LogP contribution in [0.3, 0.4) is 0 Å². The summed E-state index contributed by atoms with van der Waals surface area (Å²) >= 11 is 0. The molecule has 1 heterocycles. The molecule has 3 nitrogen and oxygen atoms in total. The highest BCUT2D eigenvalue weighted by molar-refractivity contribution is 5.31. The smallest absolute Gasteiger partial charge is 0.165 e. The summed E-state index contributed by atoms with van der Waals surface area (Å²) in [6.45, 7) is 0.537. The Balaban J connectivity index is 2.15. The van der Waals surface area contributed by atoms with Crippen LogP contribution in [0.2, 0.25) is 0 Å². The topological polar surface area (TPSA) is 44.5 Å². The number of halogens is 1. The molecule has 1 aliphatic heterocycles. The van der Waals surface area contributed by atoms with E-state index in [1.54, 1.807) is 12.1 Å². The molecule has 2 atom stereocenters. The fourth-order valence-corrected chi connectivity index (χ4v) is 2.00. The highest BCUT2D eigenvalue weighted by Gasteiger charge is 2.25. The van der Waals surface area contributed by atoms with E-state index in [1.807, 2.05) is 0 Å². The first-order chi connectivity index (χ1) is 7.74. The van der Waals surface area contributed by atoms with Crippen molar-refractivity contribution >= 4 is 0 Å². The van der Waals surface area contributed by atoms with Gasteiger partial charge in [-0.3, -0.25) is 0 Å². The molecule has 1 fully saturated rings. The van der Waals surface area contributed by atoms with Crippen LogP contribution in [0.4, 0.5) is 4.39 Å². The Labute approximate surface area is 94.3 Å². The molecule has 0 radical (unpaired) electrons. The van der Waals surface area contributed by atoms with Gasteiger partial charge < -0.3 is 15.2 Å². The first-order valence-electron chi connectivity index (χ1n) is 5.43. The Morgan fingerprint density at radius 1 is 1.50 bits per heavy atom. The van der Waals surface area contributed by atoms with Crippen molar-refractivity contribution in [2.24, 2.45) is 5.73 Å². The summed E-state index contributed by atoms with van der Waals surface area (Å²) in [7, 11) is 1.46. The van der Waals surface area contributed by atoms with Gasteiger partial charge in [0.15, 0.2) is 11.6 Å². The van der Waals surface area contributed by atoms with Crippen molar-refractivity contribution in [1.29, 1.82) is 0 Å². The van der Waals surface area contributed by atoms with Crippen LogP contribution in [-0.2, 0) is 4.74 Å². The van der Waals surface area contributed by atoms with E-state index >= 15 is 0 Å². The van der Waals surface area contributed by atoms with Crippen molar-refractivity contribution in [2.75, 3.05) is 13.7 Å². The molecule has 1 aromatic rings. The minimum atomic E-state index is -0.348. The highest BCUT2D eigenvalue weighted by Crippen LogP contribution is 2.34. The summed E-state index contributed by atoms with van der Waals surface area (Å²) in [6, 6.07) is 4.84. The lowest BCUT2D eigenvalue weighted by Gasteiger charge is -2.13. The van der Waals surface area contributed by atoms with Crippen molar-refractivity contribution in [1.82, 2.24) is 0 Å². The van der Waals surface area contributed by atoms with Crippen molar-refractivity contribution < 1.29 is 13.9 Å². The van der Waals surface area contributed by atoms with Crippen molar-refractivity contribution in [3.05, 3.63) is 29.6 Å². The van der Waals surface area contributed by atoms with Gasteiger partial charge in [0.05, 0.1) is 19.3 Å². The van der Waals surface area contributed by atoms with Crippen LogP contribution in [0.5, 0.6) is 5.75 Å². The van der Waals surface area contributed by atoms with Gasteiger partial charge in [-0.15, -0.1) is 0 Å². The zero-order valence-electron chi connectivity index (χ0n) is 9.28. The van der Waals surface area contributed by atoms with Crippen molar-refractivity contribution in [3.63, 3.8) is 0 Å². The summed E-state index contributed by atoms with van der Waals surface area (Å²) in [5, 5.41) is 0. The Hall–Kier alpha value is -1.13. The zero-order valence-corrected chi connectivity index (χ0v) is 9.28. The summed E-state index contributed by atoms with van der Waals surface area (Å²) in [6.07, 6.45) is 2.03. The fourth-order valence-electron chi connectivity index (χ4n) is 2.00. The molecule has 0 spiro atoms. The SMILES string of the molecule is COc1cc(C2CCC(CN)O2)ccc1F. The van der Waals surface area contributed by atoms with Crippen LogP contribution in [0.25, 0.3) is 0 Å². The van der Waals surface area contributed by atoms with E-state index in [4.69, 9.17) is 15.2 Å². The van der Waals surface area contributed by atoms with Crippen molar-refractivity contribution in [3.8, 4) is 5.75 Å². The standard InChI is InChI=1S/C12H16FNO2/c1-15-12-6-8(2-4-10(12)13)11-5-3-9(7-14)16-11/h2,4,6,9,11H,3,5,7,14H2,1H3. The van der Waals surface area contributed by atoms with Gasteiger partial charge in [-0.1, -0.05) is 6.07 Å². The number of benzene rings is 1. The lowest BCUT2D eigenvalue weighted by Crippen LogP contribution is -2.18. The van der Waals surface area contributed by atoms with Gasteiger partial charge in [0.2, 0.25) is 0 Å². The third kappa shape index (κ3) is 2.18. The quantitative estimate of drug-likeness (QED) is 0.855. The molecule has 88 valence electrons. The summed E-state index contributed by atoms with van der Waals surface area (Å²) in [4.78, 5) is 0. The molecular formula is C12H16FNO2. The van der Waals surface area contributed by atoms with Crippen LogP contribution in [0.15, 0.2) is 18.2 Å². The van der Waals surface area contributed by atoms with Crippen LogP contribution >= 0.6 is 0 Å². The first kappa shape index (κ1) is 11.4. The monoisotopic (exact) mass is 225 g/mol. The molecule has 0 aromatic heterocycles. The van der Waals surface area contributed by atoms with Gasteiger partial charge in [0.25, 0.3) is 0 Å². The molecular weight excluding hydrogens is 209 g/mol. The number of hydrogen-bond donors (Lipinski definition) is 1. The Morgan fingerprint density at radius 3 is 2.94 bits per heavy atom. The minimum absolute atomic E-state index is 0.0167. The average molecular weight is 225 g/mol. The first-order valence-corrected chi connectivity index (χ1v) is 5.43. The molecule has 1 saturated heterocycles. The second kappa shape index (κ2) is 4.80. The van der Waals surface area contributed by atoms with E-state index in [2.05, 4.69) is 0 Å². The molecule has 0 amide bonds. The normalized spacial score (nSPS) is 24.7. The maximum atomic E-state index is 13.2. The largest absolute Gasteiger partial charge is 0.494 e. The third-order valence-electron chi connectivity index (χ3n) is 2.92. The maximum absolute atomic E-state index is 13.2. The lowest BCUT2D eigenvalue weighted by molar-refractivity contribution is 0.0497. The molecule has 2 N–H and O–H groups in total. The summed E-state index contributed by atoms with van der Waals surface area (Å²) in [5.74, 6) is -0.0862. The van der Waals surface area contributed by atoms with Crippen LogP contribution in [-0.4, -0.2) is 19.8 Å². The van der Waals surface area contributed by atoms with E-state index < -0.39 is 0 Å². The van der Waals surface area contributed by atoms with Crippen LogP contribution in [0, 0.1) is 5.82 Å². The number of rotatable bonds is 3. The average Bonchev–Trinajstić information content (AvgIpc) is 2.78. The van der Waals surface area contributed by atoms with Crippen LogP contribution in [0.1, 0.15) is 24.5 Å². The fraction of sp³-hybridized carbons (Fsp3) is 0.500. The van der Waals surface area contributed by atoms with E-state index in [-0.39, 0.29) is 23.8 Å². The predicted molar refractivity (Wildman–Crippen MR) is 58.9 cm³/mol. The van der Waals surface area contributed by atoms with Gasteiger partial charge in [-0.05, 0) is 30.5 Å². The lowest BCUT2D eigenvalue weighted by atomic mass is 10.1. The van der Waals surface area contributed by atoms with Crippen LogP contribution < -0.4 is 10.5 Å². The number of methoxy groups -OCH3 is 1. The predicted octanol–water partition coefficient (Wildman–Crippen LogP) is 2.01. The highest BCUT2D eigenvalue weighted by atomic mass is 19.1. The van der Waals surface area contributed by atoms with Gasteiger partial charge >= 0.3 is 0 Å². The maximum Gasteiger partial charge on any atom is 0.165 e. The summed E-state index contributed by atoms with van der Waals surface area (Å²) < 4.78 is 23.9. The number of ether oxygens (including phenoxy) is 2. The third-order valence-corrected chi connectivity index (χ3v) is 2.92. The Kier molecular flexibility index (Phi) is 3.41. The van der Waals surface area contributed by atoms with Gasteiger partial charge in [-0.25, -0.2) is 4.39 Å². The Bertz CT molecular complexity index is 370. The second-order valence-corrected chi connectivity index (χ2v) is 3.95. The molecule has 0 saturated carbocycles. The molecule has 4 heteroatoms.